The van der Waals surface area contributed by atoms with Crippen molar-refractivity contribution in [3.63, 3.8) is 0 Å². The maximum atomic E-state index is 12.2. The molecule has 1 amide bonds. The number of rotatable bonds is 7. The van der Waals surface area contributed by atoms with Crippen molar-refractivity contribution in [1.82, 2.24) is 15.4 Å². The summed E-state index contributed by atoms with van der Waals surface area (Å²) in [5.41, 5.74) is 1.86. The monoisotopic (exact) mass is 386 g/mol. The minimum Gasteiger partial charge on any atom is -0.356 e. The normalized spacial score (nSPS) is 13.7. The van der Waals surface area contributed by atoms with Gasteiger partial charge in [0.25, 0.3) is 0 Å². The summed E-state index contributed by atoms with van der Waals surface area (Å²) in [5.74, 6) is 1.52. The van der Waals surface area contributed by atoms with E-state index in [0.717, 1.165) is 34.2 Å². The average molecular weight is 387 g/mol. The number of thioether (sulfide) groups is 1. The second kappa shape index (κ2) is 7.59. The van der Waals surface area contributed by atoms with E-state index in [1.165, 1.54) is 11.3 Å². The van der Waals surface area contributed by atoms with Crippen LogP contribution in [0.4, 0.5) is 5.13 Å². The maximum absolute atomic E-state index is 12.2. The van der Waals surface area contributed by atoms with Crippen LogP contribution in [0.15, 0.2) is 45.3 Å². The largest absolute Gasteiger partial charge is 0.356 e. The van der Waals surface area contributed by atoms with Gasteiger partial charge in [-0.05, 0) is 12.8 Å². The Bertz CT molecular complexity index is 890. The van der Waals surface area contributed by atoms with E-state index in [9.17, 15) is 4.79 Å². The Labute approximate surface area is 159 Å². The molecule has 1 fully saturated rings. The zero-order valence-corrected chi connectivity index (χ0v) is 15.9. The molecule has 1 aliphatic rings. The van der Waals surface area contributed by atoms with Gasteiger partial charge in [0.1, 0.15) is 0 Å². The predicted octanol–water partition coefficient (Wildman–Crippen LogP) is 4.39. The Kier molecular flexibility index (Phi) is 5.03. The van der Waals surface area contributed by atoms with Crippen LogP contribution in [0.3, 0.4) is 0 Å². The molecule has 0 N–H and O–H groups in total. The Morgan fingerprint density at radius 3 is 2.85 bits per heavy atom. The molecule has 0 radical (unpaired) electrons. The molecule has 2 heterocycles. The molecule has 8 heteroatoms. The third kappa shape index (κ3) is 3.81. The van der Waals surface area contributed by atoms with Crippen LogP contribution in [0.5, 0.6) is 0 Å². The lowest BCUT2D eigenvalue weighted by molar-refractivity contribution is -0.118. The zero-order chi connectivity index (χ0) is 17.9. The van der Waals surface area contributed by atoms with Crippen LogP contribution in [0.25, 0.3) is 11.3 Å². The fourth-order valence-corrected chi connectivity index (χ4v) is 4.39. The molecule has 4 rings (SSSR count). The van der Waals surface area contributed by atoms with Crippen molar-refractivity contribution in [1.29, 1.82) is 0 Å². The first kappa shape index (κ1) is 17.2. The lowest BCUT2D eigenvalue weighted by Crippen LogP contribution is -2.32. The molecule has 0 atom stereocenters. The number of hydrogen-bond acceptors (Lipinski definition) is 7. The van der Waals surface area contributed by atoms with Crippen LogP contribution in [-0.4, -0.2) is 27.3 Å². The third-order valence-corrected chi connectivity index (χ3v) is 6.14. The van der Waals surface area contributed by atoms with Crippen molar-refractivity contribution in [3.05, 3.63) is 42.1 Å². The van der Waals surface area contributed by atoms with Crippen LogP contribution < -0.4 is 4.90 Å². The van der Waals surface area contributed by atoms with Gasteiger partial charge in [-0.2, -0.15) is 0 Å². The Morgan fingerprint density at radius 1 is 1.31 bits per heavy atom. The van der Waals surface area contributed by atoms with Gasteiger partial charge in [-0.3, -0.25) is 9.69 Å². The molecule has 0 saturated heterocycles. The first-order valence-corrected chi connectivity index (χ1v) is 10.3. The molecule has 3 aromatic rings. The maximum Gasteiger partial charge on any atom is 0.228 e. The molecule has 1 aromatic carbocycles. The highest BCUT2D eigenvalue weighted by Crippen LogP contribution is 2.37. The SMILES string of the molecule is CCC(=O)N(c1nnc(SCc2cc(-c3ccccc3)on2)s1)C1CC1. The summed E-state index contributed by atoms with van der Waals surface area (Å²) in [4.78, 5) is 14.0. The van der Waals surface area contributed by atoms with Gasteiger partial charge in [-0.15, -0.1) is 10.2 Å². The van der Waals surface area contributed by atoms with E-state index in [1.54, 1.807) is 11.8 Å². The fourth-order valence-electron chi connectivity index (χ4n) is 2.58. The van der Waals surface area contributed by atoms with Crippen LogP contribution in [0, 0.1) is 0 Å². The molecule has 0 aliphatic heterocycles. The van der Waals surface area contributed by atoms with E-state index in [4.69, 9.17) is 4.52 Å². The molecular formula is C18H18N4O2S2. The highest BCUT2D eigenvalue weighted by atomic mass is 32.2. The highest BCUT2D eigenvalue weighted by molar-refractivity contribution is 8.00. The van der Waals surface area contributed by atoms with E-state index >= 15 is 0 Å². The molecule has 26 heavy (non-hydrogen) atoms. The van der Waals surface area contributed by atoms with Crippen LogP contribution in [-0.2, 0) is 10.5 Å². The minimum absolute atomic E-state index is 0.115. The van der Waals surface area contributed by atoms with Gasteiger partial charge in [0.15, 0.2) is 10.1 Å². The van der Waals surface area contributed by atoms with Gasteiger partial charge in [0.05, 0.1) is 5.69 Å². The van der Waals surface area contributed by atoms with Gasteiger partial charge < -0.3 is 4.52 Å². The van der Waals surface area contributed by atoms with Crippen molar-refractivity contribution < 1.29 is 9.32 Å². The second-order valence-electron chi connectivity index (χ2n) is 6.04. The molecule has 0 unspecified atom stereocenters. The topological polar surface area (TPSA) is 72.1 Å². The zero-order valence-electron chi connectivity index (χ0n) is 14.3. The second-order valence-corrected chi connectivity index (χ2v) is 8.21. The molecule has 2 aromatic heterocycles. The number of hydrogen-bond donors (Lipinski definition) is 0. The molecule has 1 aliphatic carbocycles. The lowest BCUT2D eigenvalue weighted by atomic mass is 10.2. The Balaban J connectivity index is 1.41. The predicted molar refractivity (Wildman–Crippen MR) is 102 cm³/mol. The summed E-state index contributed by atoms with van der Waals surface area (Å²) >= 11 is 3.02. The van der Waals surface area contributed by atoms with E-state index in [-0.39, 0.29) is 5.91 Å². The van der Waals surface area contributed by atoms with E-state index in [2.05, 4.69) is 15.4 Å². The van der Waals surface area contributed by atoms with Crippen molar-refractivity contribution >= 4 is 34.1 Å². The Morgan fingerprint density at radius 2 is 2.12 bits per heavy atom. The van der Waals surface area contributed by atoms with Gasteiger partial charge in [-0.25, -0.2) is 0 Å². The molecule has 134 valence electrons. The smallest absolute Gasteiger partial charge is 0.228 e. The van der Waals surface area contributed by atoms with E-state index in [1.807, 2.05) is 48.2 Å². The summed E-state index contributed by atoms with van der Waals surface area (Å²) < 4.78 is 6.25. The lowest BCUT2D eigenvalue weighted by Gasteiger charge is -2.17. The van der Waals surface area contributed by atoms with Crippen molar-refractivity contribution in [3.8, 4) is 11.3 Å². The number of aromatic nitrogens is 3. The van der Waals surface area contributed by atoms with Crippen LogP contribution in [0.2, 0.25) is 0 Å². The van der Waals surface area contributed by atoms with Gasteiger partial charge in [0.2, 0.25) is 11.0 Å². The van der Waals surface area contributed by atoms with E-state index < -0.39 is 0 Å². The van der Waals surface area contributed by atoms with Gasteiger partial charge >= 0.3 is 0 Å². The molecule has 0 bridgehead atoms. The molecular weight excluding hydrogens is 368 g/mol. The number of carbonyl (C=O) groups excluding carboxylic acids is 1. The quantitative estimate of drug-likeness (QED) is 0.443. The number of anilines is 1. The van der Waals surface area contributed by atoms with Gasteiger partial charge in [0, 0.05) is 29.8 Å². The Hall–Kier alpha value is -2.19. The highest BCUT2D eigenvalue weighted by Gasteiger charge is 2.35. The number of nitrogens with zero attached hydrogens (tertiary/aromatic N) is 4. The first-order valence-electron chi connectivity index (χ1n) is 8.54. The van der Waals surface area contributed by atoms with E-state index in [0.29, 0.717) is 23.3 Å². The molecule has 1 saturated carbocycles. The summed E-state index contributed by atoms with van der Waals surface area (Å²) in [6.07, 6.45) is 2.59. The minimum atomic E-state index is 0.115. The molecule has 0 spiro atoms. The summed E-state index contributed by atoms with van der Waals surface area (Å²) in [5, 5.41) is 13.3. The standard InChI is InChI=1S/C18H18N4O2S2/c1-2-16(23)22(14-8-9-14)17-19-20-18(26-17)25-11-13-10-15(24-21-13)12-6-4-3-5-7-12/h3-7,10,14H,2,8-9,11H2,1H3. The number of benzene rings is 1. The van der Waals surface area contributed by atoms with Crippen molar-refractivity contribution in [2.24, 2.45) is 0 Å². The first-order chi connectivity index (χ1) is 12.7. The fraction of sp³-hybridized carbons (Fsp3) is 0.333. The van der Waals surface area contributed by atoms with Gasteiger partial charge in [-0.1, -0.05) is 65.5 Å². The van der Waals surface area contributed by atoms with Crippen molar-refractivity contribution in [2.45, 2.75) is 42.3 Å². The molecule has 6 nitrogen and oxygen atoms in total. The summed E-state index contributed by atoms with van der Waals surface area (Å²) in [7, 11) is 0. The summed E-state index contributed by atoms with van der Waals surface area (Å²) in [6.45, 7) is 1.88. The third-order valence-electron chi connectivity index (χ3n) is 4.05. The van der Waals surface area contributed by atoms with Crippen LogP contribution >= 0.6 is 23.1 Å². The van der Waals surface area contributed by atoms with Crippen LogP contribution in [0.1, 0.15) is 31.9 Å². The summed E-state index contributed by atoms with van der Waals surface area (Å²) in [6, 6.07) is 12.1. The van der Waals surface area contributed by atoms with Crippen molar-refractivity contribution in [2.75, 3.05) is 4.90 Å². The average Bonchev–Trinajstić information content (AvgIpc) is 3.20. The number of amides is 1. The number of carbonyl (C=O) groups is 1.